The van der Waals surface area contributed by atoms with Crippen LogP contribution in [0.4, 0.5) is 6.01 Å². The molecule has 2 N–H and O–H groups in total. The number of ether oxygens (including phenoxy) is 1. The predicted octanol–water partition coefficient (Wildman–Crippen LogP) is 2.84. The molecule has 3 aromatic rings. The molecule has 1 saturated heterocycles. The molecule has 1 aliphatic heterocycles. The number of nitrogens with one attached hydrogen (secondary N) is 1. The van der Waals surface area contributed by atoms with E-state index in [0.717, 1.165) is 19.4 Å². The zero-order valence-corrected chi connectivity index (χ0v) is 15.0. The number of hydrogen-bond donors (Lipinski definition) is 2. The number of benzene rings is 1. The molecule has 3 heterocycles. The largest absolute Gasteiger partial charge is 0.477 e. The van der Waals surface area contributed by atoms with Crippen LogP contribution in [0.15, 0.2) is 39.7 Å². The molecule has 0 saturated carbocycles. The first-order valence-electron chi connectivity index (χ1n) is 8.62. The van der Waals surface area contributed by atoms with E-state index < -0.39 is 17.1 Å². The van der Waals surface area contributed by atoms with Crippen LogP contribution in [0.5, 0.6) is 0 Å². The minimum absolute atomic E-state index is 0.234. The van der Waals surface area contributed by atoms with Gasteiger partial charge in [0.05, 0.1) is 5.69 Å². The van der Waals surface area contributed by atoms with Crippen molar-refractivity contribution < 1.29 is 19.1 Å². The van der Waals surface area contributed by atoms with Crippen LogP contribution in [-0.2, 0) is 4.74 Å². The van der Waals surface area contributed by atoms with Gasteiger partial charge >= 0.3 is 12.0 Å². The molecule has 1 aromatic carbocycles. The third-order valence-electron chi connectivity index (χ3n) is 5.10. The summed E-state index contributed by atoms with van der Waals surface area (Å²) in [7, 11) is 1.66. The Labute approximate surface area is 154 Å². The first kappa shape index (κ1) is 17.3. The fraction of sp³-hybridized carbons (Fsp3) is 0.316. The molecule has 4 rings (SSSR count). The average molecular weight is 369 g/mol. The van der Waals surface area contributed by atoms with E-state index in [4.69, 9.17) is 9.15 Å². The number of H-pyrrole nitrogens is 1. The van der Waals surface area contributed by atoms with Gasteiger partial charge in [-0.05, 0) is 31.9 Å². The van der Waals surface area contributed by atoms with Crippen LogP contribution in [-0.4, -0.2) is 40.4 Å². The van der Waals surface area contributed by atoms with Crippen molar-refractivity contribution in [3.05, 3.63) is 46.2 Å². The Hall–Kier alpha value is -3.13. The van der Waals surface area contributed by atoms with E-state index in [9.17, 15) is 14.7 Å². The Kier molecular flexibility index (Phi) is 4.00. The highest BCUT2D eigenvalue weighted by molar-refractivity contribution is 5.95. The highest BCUT2D eigenvalue weighted by Crippen LogP contribution is 2.36. The number of aromatic amines is 1. The van der Waals surface area contributed by atoms with Crippen molar-refractivity contribution in [3.63, 3.8) is 0 Å². The summed E-state index contributed by atoms with van der Waals surface area (Å²) in [6.07, 6.45) is 3.27. The molecule has 2 aromatic heterocycles. The number of carbonyl (C=O) groups is 1. The van der Waals surface area contributed by atoms with Crippen LogP contribution < -0.4 is 10.3 Å². The van der Waals surface area contributed by atoms with Crippen molar-refractivity contribution in [2.75, 3.05) is 18.6 Å². The third-order valence-corrected chi connectivity index (χ3v) is 5.10. The quantitative estimate of drug-likeness (QED) is 0.728. The number of oxazole rings is 1. The molecular formula is C19H19N3O5. The molecule has 140 valence electrons. The Balaban J connectivity index is 1.80. The predicted molar refractivity (Wildman–Crippen MR) is 99.0 cm³/mol. The minimum Gasteiger partial charge on any atom is -0.477 e. The molecule has 0 radical (unpaired) electrons. The van der Waals surface area contributed by atoms with E-state index in [0.29, 0.717) is 22.7 Å². The lowest BCUT2D eigenvalue weighted by Crippen LogP contribution is -2.43. The number of pyridine rings is 1. The molecule has 1 unspecified atom stereocenters. The van der Waals surface area contributed by atoms with E-state index >= 15 is 0 Å². The van der Waals surface area contributed by atoms with Crippen LogP contribution in [0.1, 0.15) is 30.1 Å². The molecule has 1 aliphatic rings. The van der Waals surface area contributed by atoms with Gasteiger partial charge in [0.15, 0.2) is 11.0 Å². The summed E-state index contributed by atoms with van der Waals surface area (Å²) in [6.45, 7) is 2.77. The molecule has 27 heavy (non-hydrogen) atoms. The molecule has 8 nitrogen and oxygen atoms in total. The smallest absolute Gasteiger partial charge is 0.341 e. The van der Waals surface area contributed by atoms with E-state index in [-0.39, 0.29) is 11.3 Å². The number of fused-ring (bicyclic) bond motifs is 1. The van der Waals surface area contributed by atoms with Crippen molar-refractivity contribution in [3.8, 4) is 11.3 Å². The fourth-order valence-electron chi connectivity index (χ4n) is 3.55. The van der Waals surface area contributed by atoms with Crippen molar-refractivity contribution in [1.29, 1.82) is 0 Å². The lowest BCUT2D eigenvalue weighted by Gasteiger charge is -2.32. The van der Waals surface area contributed by atoms with E-state index in [1.165, 1.54) is 12.3 Å². The van der Waals surface area contributed by atoms with Gasteiger partial charge in [-0.1, -0.05) is 6.07 Å². The molecule has 8 heteroatoms. The standard InChI is InChI=1S/C19H19N3O5/c1-19(26-2)7-3-9-22(19)18-21-12-5-4-11(10-14(12)27-18)16-15(17(24)25)13(23)6-8-20-16/h4-6,8,10H,3,7,9H2,1-2H3,(H,20,23)(H,24,25). The molecule has 0 bridgehead atoms. The number of carboxylic acid groups (broad SMARTS) is 1. The monoisotopic (exact) mass is 369 g/mol. The number of nitrogens with zero attached hydrogens (tertiary/aromatic N) is 2. The minimum atomic E-state index is -1.28. The molecule has 0 amide bonds. The lowest BCUT2D eigenvalue weighted by molar-refractivity contribution is 0.0127. The normalized spacial score (nSPS) is 19.7. The highest BCUT2D eigenvalue weighted by Gasteiger charge is 2.39. The number of methoxy groups -OCH3 is 1. The van der Waals surface area contributed by atoms with Gasteiger partial charge in [-0.15, -0.1) is 0 Å². The fourth-order valence-corrected chi connectivity index (χ4v) is 3.55. The first-order chi connectivity index (χ1) is 12.9. The number of carboxylic acids is 1. The molecule has 0 spiro atoms. The van der Waals surface area contributed by atoms with Crippen molar-refractivity contribution in [1.82, 2.24) is 9.97 Å². The summed E-state index contributed by atoms with van der Waals surface area (Å²) >= 11 is 0. The molecule has 0 aliphatic carbocycles. The van der Waals surface area contributed by atoms with Gasteiger partial charge in [0.2, 0.25) is 0 Å². The maximum atomic E-state index is 11.9. The maximum absolute atomic E-state index is 11.9. The second-order valence-corrected chi connectivity index (χ2v) is 6.71. The average Bonchev–Trinajstić information content (AvgIpc) is 3.23. The zero-order chi connectivity index (χ0) is 19.2. The Morgan fingerprint density at radius 3 is 2.96 bits per heavy atom. The lowest BCUT2D eigenvalue weighted by atomic mass is 10.1. The first-order valence-corrected chi connectivity index (χ1v) is 8.62. The SMILES string of the molecule is COC1(C)CCCN1c1nc2ccc(-c3[nH]ccc(=O)c3C(=O)O)cc2o1. The summed E-state index contributed by atoms with van der Waals surface area (Å²) in [5.74, 6) is -1.28. The van der Waals surface area contributed by atoms with Crippen LogP contribution >= 0.6 is 0 Å². The molecule has 1 fully saturated rings. The van der Waals surface area contributed by atoms with Gasteiger partial charge in [0, 0.05) is 31.5 Å². The number of rotatable bonds is 4. The van der Waals surface area contributed by atoms with Crippen LogP contribution in [0.2, 0.25) is 0 Å². The maximum Gasteiger partial charge on any atom is 0.341 e. The summed E-state index contributed by atoms with van der Waals surface area (Å²) in [5, 5.41) is 9.38. The number of anilines is 1. The summed E-state index contributed by atoms with van der Waals surface area (Å²) in [5.41, 5.74) is 0.605. The number of aromatic nitrogens is 2. The van der Waals surface area contributed by atoms with Crippen LogP contribution in [0, 0.1) is 0 Å². The van der Waals surface area contributed by atoms with E-state index in [1.807, 2.05) is 11.8 Å². The van der Waals surface area contributed by atoms with E-state index in [1.54, 1.807) is 25.3 Å². The van der Waals surface area contributed by atoms with Gasteiger partial charge in [-0.25, -0.2) is 4.79 Å². The summed E-state index contributed by atoms with van der Waals surface area (Å²) in [6, 6.07) is 6.80. The van der Waals surface area contributed by atoms with Gasteiger partial charge in [0.1, 0.15) is 16.8 Å². The van der Waals surface area contributed by atoms with Crippen LogP contribution in [0.25, 0.3) is 22.4 Å². The van der Waals surface area contributed by atoms with Crippen LogP contribution in [0.3, 0.4) is 0 Å². The Morgan fingerprint density at radius 1 is 1.41 bits per heavy atom. The van der Waals surface area contributed by atoms with Gasteiger partial charge in [-0.2, -0.15) is 4.98 Å². The highest BCUT2D eigenvalue weighted by atomic mass is 16.5. The number of aromatic carboxylic acids is 1. The van der Waals surface area contributed by atoms with Gasteiger partial charge < -0.3 is 19.2 Å². The summed E-state index contributed by atoms with van der Waals surface area (Å²) < 4.78 is 11.6. The Bertz CT molecular complexity index is 1090. The summed E-state index contributed by atoms with van der Waals surface area (Å²) in [4.78, 5) is 32.8. The third kappa shape index (κ3) is 2.78. The van der Waals surface area contributed by atoms with Gasteiger partial charge in [0.25, 0.3) is 0 Å². The van der Waals surface area contributed by atoms with Crippen molar-refractivity contribution in [2.45, 2.75) is 25.5 Å². The second-order valence-electron chi connectivity index (χ2n) is 6.71. The Morgan fingerprint density at radius 2 is 2.22 bits per heavy atom. The van der Waals surface area contributed by atoms with E-state index in [2.05, 4.69) is 9.97 Å². The molecule has 1 atom stereocenters. The zero-order valence-electron chi connectivity index (χ0n) is 15.0. The van der Waals surface area contributed by atoms with Crippen molar-refractivity contribution >= 4 is 23.1 Å². The second kappa shape index (κ2) is 6.24. The topological polar surface area (TPSA) is 109 Å². The van der Waals surface area contributed by atoms with Crippen molar-refractivity contribution in [2.24, 2.45) is 0 Å². The molecular weight excluding hydrogens is 350 g/mol. The van der Waals surface area contributed by atoms with Gasteiger partial charge in [-0.3, -0.25) is 9.69 Å². The number of hydrogen-bond acceptors (Lipinski definition) is 6.